The predicted molar refractivity (Wildman–Crippen MR) is 141 cm³/mol. The number of carbonyl (C=O) groups is 1. The van der Waals surface area contributed by atoms with Gasteiger partial charge in [-0.25, -0.2) is 4.98 Å². The SMILES string of the molecule is O=C(Nc1cccc(Nc2ccncc2)c1)c1ccc(Nc2ccnc3ccc(P)cc23)cn1. The van der Waals surface area contributed by atoms with Gasteiger partial charge in [0.1, 0.15) is 5.69 Å². The summed E-state index contributed by atoms with van der Waals surface area (Å²) in [5, 5.41) is 11.6. The lowest BCUT2D eigenvalue weighted by Gasteiger charge is -2.11. The first-order valence-corrected chi connectivity index (χ1v) is 11.2. The maximum atomic E-state index is 12.7. The van der Waals surface area contributed by atoms with E-state index in [9.17, 15) is 4.79 Å². The van der Waals surface area contributed by atoms with Crippen molar-refractivity contribution in [2.24, 2.45) is 0 Å². The Morgan fingerprint density at radius 2 is 1.59 bits per heavy atom. The molecule has 2 aromatic carbocycles. The Hall–Kier alpha value is -4.35. The fourth-order valence-corrected chi connectivity index (χ4v) is 3.77. The molecule has 1 amide bonds. The quantitative estimate of drug-likeness (QED) is 0.297. The number of anilines is 5. The van der Waals surface area contributed by atoms with E-state index in [4.69, 9.17) is 0 Å². The van der Waals surface area contributed by atoms with Gasteiger partial charge in [-0.1, -0.05) is 12.1 Å². The number of fused-ring (bicyclic) bond motifs is 1. The van der Waals surface area contributed by atoms with E-state index in [0.717, 1.165) is 39.0 Å². The lowest BCUT2D eigenvalue weighted by molar-refractivity contribution is 0.102. The van der Waals surface area contributed by atoms with Crippen LogP contribution in [-0.2, 0) is 0 Å². The zero-order valence-electron chi connectivity index (χ0n) is 18.1. The van der Waals surface area contributed by atoms with Gasteiger partial charge in [-0.3, -0.25) is 14.8 Å². The van der Waals surface area contributed by atoms with Crippen LogP contribution in [0.2, 0.25) is 0 Å². The number of rotatable bonds is 6. The molecule has 1 atom stereocenters. The molecule has 3 aromatic heterocycles. The minimum Gasteiger partial charge on any atom is -0.355 e. The second-order valence-electron chi connectivity index (χ2n) is 7.59. The Kier molecular flexibility index (Phi) is 6.10. The zero-order chi connectivity index (χ0) is 23.3. The molecule has 0 aliphatic heterocycles. The van der Waals surface area contributed by atoms with E-state index in [2.05, 4.69) is 46.2 Å². The largest absolute Gasteiger partial charge is 0.355 e. The number of amides is 1. The molecule has 166 valence electrons. The number of aromatic nitrogens is 3. The van der Waals surface area contributed by atoms with Gasteiger partial charge in [0.05, 0.1) is 17.4 Å². The number of hydrogen-bond acceptors (Lipinski definition) is 6. The Morgan fingerprint density at radius 1 is 0.735 bits per heavy atom. The highest BCUT2D eigenvalue weighted by atomic mass is 31.0. The Balaban J connectivity index is 1.27. The first kappa shape index (κ1) is 21.5. The summed E-state index contributed by atoms with van der Waals surface area (Å²) < 4.78 is 0. The number of nitrogens with one attached hydrogen (secondary N) is 3. The van der Waals surface area contributed by atoms with E-state index >= 15 is 0 Å². The molecular formula is C26H21N6OP. The van der Waals surface area contributed by atoms with Crippen LogP contribution in [0.3, 0.4) is 0 Å². The summed E-state index contributed by atoms with van der Waals surface area (Å²) in [5.74, 6) is -0.283. The predicted octanol–water partition coefficient (Wildman–Crippen LogP) is 5.26. The van der Waals surface area contributed by atoms with Crippen LogP contribution >= 0.6 is 9.24 Å². The van der Waals surface area contributed by atoms with Crippen LogP contribution in [0.15, 0.2) is 97.6 Å². The molecule has 34 heavy (non-hydrogen) atoms. The third kappa shape index (κ3) is 5.00. The third-order valence-electron chi connectivity index (χ3n) is 5.13. The fourth-order valence-electron chi connectivity index (χ4n) is 3.50. The van der Waals surface area contributed by atoms with Gasteiger partial charge >= 0.3 is 0 Å². The first-order chi connectivity index (χ1) is 16.6. The highest BCUT2D eigenvalue weighted by Crippen LogP contribution is 2.25. The molecule has 3 N–H and O–H groups in total. The van der Waals surface area contributed by atoms with Crippen molar-refractivity contribution in [3.63, 3.8) is 0 Å². The van der Waals surface area contributed by atoms with Gasteiger partial charge in [0.25, 0.3) is 5.91 Å². The molecule has 8 heteroatoms. The highest BCUT2D eigenvalue weighted by molar-refractivity contribution is 7.27. The normalized spacial score (nSPS) is 10.6. The van der Waals surface area contributed by atoms with Crippen molar-refractivity contribution in [2.45, 2.75) is 0 Å². The number of pyridine rings is 3. The molecule has 0 fully saturated rings. The summed E-state index contributed by atoms with van der Waals surface area (Å²) in [6.07, 6.45) is 6.85. The van der Waals surface area contributed by atoms with Crippen molar-refractivity contribution in [2.75, 3.05) is 16.0 Å². The molecule has 0 aliphatic rings. The maximum Gasteiger partial charge on any atom is 0.274 e. The Morgan fingerprint density at radius 3 is 2.41 bits per heavy atom. The fraction of sp³-hybridized carbons (Fsp3) is 0. The second-order valence-corrected chi connectivity index (χ2v) is 8.25. The van der Waals surface area contributed by atoms with E-state index in [1.807, 2.05) is 60.7 Å². The van der Waals surface area contributed by atoms with Crippen LogP contribution in [0, 0.1) is 0 Å². The summed E-state index contributed by atoms with van der Waals surface area (Å²) in [4.78, 5) is 25.5. The molecule has 1 unspecified atom stereocenters. The monoisotopic (exact) mass is 464 g/mol. The van der Waals surface area contributed by atoms with Crippen LogP contribution in [0.4, 0.5) is 28.4 Å². The molecule has 5 aromatic rings. The summed E-state index contributed by atoms with van der Waals surface area (Å²) in [6.45, 7) is 0. The maximum absolute atomic E-state index is 12.7. The number of hydrogen-bond donors (Lipinski definition) is 3. The topological polar surface area (TPSA) is 91.8 Å². The number of benzene rings is 2. The minimum atomic E-state index is -0.283. The van der Waals surface area contributed by atoms with Gasteiger partial charge in [-0.15, -0.1) is 9.24 Å². The van der Waals surface area contributed by atoms with Gasteiger partial charge in [-0.2, -0.15) is 0 Å². The van der Waals surface area contributed by atoms with E-state index in [1.54, 1.807) is 30.9 Å². The van der Waals surface area contributed by atoms with Crippen LogP contribution in [-0.4, -0.2) is 20.9 Å². The van der Waals surface area contributed by atoms with E-state index in [1.165, 1.54) is 0 Å². The first-order valence-electron chi connectivity index (χ1n) is 10.6. The molecule has 0 saturated carbocycles. The average Bonchev–Trinajstić information content (AvgIpc) is 2.86. The van der Waals surface area contributed by atoms with Gasteiger partial charge in [-0.05, 0) is 66.0 Å². The smallest absolute Gasteiger partial charge is 0.274 e. The summed E-state index contributed by atoms with van der Waals surface area (Å²) in [5.41, 5.74) is 5.37. The summed E-state index contributed by atoms with van der Waals surface area (Å²) in [7, 11) is 2.70. The average molecular weight is 464 g/mol. The van der Waals surface area contributed by atoms with Crippen molar-refractivity contribution in [1.82, 2.24) is 15.0 Å². The second kappa shape index (κ2) is 9.65. The standard InChI is InChI=1S/C26H21N6OP/c33-26(32-19-3-1-2-18(14-19)30-17-8-11-27-12-9-17)25-6-4-20(16-29-25)31-24-10-13-28-23-7-5-21(34)15-22(23)24/h1-16H,34H2,(H,27,30)(H,28,31)(H,32,33). The lowest BCUT2D eigenvalue weighted by atomic mass is 10.2. The van der Waals surface area contributed by atoms with Crippen LogP contribution in [0.1, 0.15) is 10.5 Å². The van der Waals surface area contributed by atoms with Crippen LogP contribution in [0.5, 0.6) is 0 Å². The van der Waals surface area contributed by atoms with Crippen molar-refractivity contribution < 1.29 is 4.79 Å². The molecule has 5 rings (SSSR count). The molecule has 0 spiro atoms. The Labute approximate surface area is 198 Å². The summed E-state index contributed by atoms with van der Waals surface area (Å²) in [6, 6.07) is 22.7. The number of carbonyl (C=O) groups excluding carboxylic acids is 1. The third-order valence-corrected chi connectivity index (χ3v) is 5.49. The van der Waals surface area contributed by atoms with E-state index < -0.39 is 0 Å². The summed E-state index contributed by atoms with van der Waals surface area (Å²) >= 11 is 0. The molecule has 0 radical (unpaired) electrons. The molecular weight excluding hydrogens is 443 g/mol. The van der Waals surface area contributed by atoms with E-state index in [0.29, 0.717) is 11.4 Å². The molecule has 0 bridgehead atoms. The van der Waals surface area contributed by atoms with Gasteiger partial charge in [0, 0.05) is 46.7 Å². The Bertz CT molecular complexity index is 1460. The van der Waals surface area contributed by atoms with Gasteiger partial charge in [0.15, 0.2) is 0 Å². The van der Waals surface area contributed by atoms with Crippen LogP contribution < -0.4 is 21.3 Å². The molecule has 3 heterocycles. The lowest BCUT2D eigenvalue weighted by Crippen LogP contribution is -2.13. The van der Waals surface area contributed by atoms with Gasteiger partial charge in [0.2, 0.25) is 0 Å². The number of nitrogens with zero attached hydrogens (tertiary/aromatic N) is 3. The van der Waals surface area contributed by atoms with Crippen molar-refractivity contribution in [1.29, 1.82) is 0 Å². The minimum absolute atomic E-state index is 0.283. The molecule has 0 saturated heterocycles. The van der Waals surface area contributed by atoms with Crippen molar-refractivity contribution in [3.05, 3.63) is 103 Å². The molecule has 7 nitrogen and oxygen atoms in total. The zero-order valence-corrected chi connectivity index (χ0v) is 19.2. The van der Waals surface area contributed by atoms with Gasteiger partial charge < -0.3 is 16.0 Å². The highest BCUT2D eigenvalue weighted by Gasteiger charge is 2.09. The van der Waals surface area contributed by atoms with Crippen molar-refractivity contribution >= 4 is 59.8 Å². The molecule has 0 aliphatic carbocycles. The van der Waals surface area contributed by atoms with Crippen molar-refractivity contribution in [3.8, 4) is 0 Å². The van der Waals surface area contributed by atoms with E-state index in [-0.39, 0.29) is 5.91 Å². The van der Waals surface area contributed by atoms with Crippen LogP contribution in [0.25, 0.3) is 10.9 Å².